The van der Waals surface area contributed by atoms with Gasteiger partial charge in [0.1, 0.15) is 0 Å². The molecule has 1 aromatic heterocycles. The van der Waals surface area contributed by atoms with E-state index in [2.05, 4.69) is 14.9 Å². The lowest BCUT2D eigenvalue weighted by Crippen LogP contribution is -2.23. The Kier molecular flexibility index (Phi) is 4.60. The average molecular weight is 398 g/mol. The number of nitrogens with zero attached hydrogens (tertiary/aromatic N) is 3. The molecule has 0 saturated carbocycles. The summed E-state index contributed by atoms with van der Waals surface area (Å²) in [5.41, 5.74) is 1.70. The van der Waals surface area contributed by atoms with Crippen LogP contribution in [0.1, 0.15) is 18.7 Å². The van der Waals surface area contributed by atoms with E-state index in [0.29, 0.717) is 41.6 Å². The van der Waals surface area contributed by atoms with Crippen molar-refractivity contribution in [3.05, 3.63) is 54.4 Å². The molecule has 28 heavy (non-hydrogen) atoms. The van der Waals surface area contributed by atoms with Crippen LogP contribution in [0.5, 0.6) is 0 Å². The first-order chi connectivity index (χ1) is 13.4. The summed E-state index contributed by atoms with van der Waals surface area (Å²) in [6.07, 6.45) is 1.34. The Hall–Kier alpha value is -3.20. The molecule has 2 aromatic carbocycles. The lowest BCUT2D eigenvalue weighted by molar-refractivity contribution is -0.117. The van der Waals surface area contributed by atoms with E-state index >= 15 is 0 Å². The van der Waals surface area contributed by atoms with E-state index in [0.717, 1.165) is 6.42 Å². The quantitative estimate of drug-likeness (QED) is 0.708. The van der Waals surface area contributed by atoms with Crippen LogP contribution in [0.25, 0.3) is 11.5 Å². The van der Waals surface area contributed by atoms with Crippen molar-refractivity contribution in [2.45, 2.75) is 24.7 Å². The van der Waals surface area contributed by atoms with Gasteiger partial charge in [0.2, 0.25) is 5.91 Å². The Labute approximate surface area is 162 Å². The Morgan fingerprint density at radius 1 is 1.14 bits per heavy atom. The van der Waals surface area contributed by atoms with Gasteiger partial charge in [0.15, 0.2) is 5.82 Å². The van der Waals surface area contributed by atoms with Crippen molar-refractivity contribution in [3.8, 4) is 11.5 Å². The molecule has 1 aliphatic heterocycles. The molecule has 1 N–H and O–H groups in total. The van der Waals surface area contributed by atoms with Crippen LogP contribution in [0.3, 0.4) is 0 Å². The van der Waals surface area contributed by atoms with Crippen molar-refractivity contribution < 1.29 is 17.7 Å². The summed E-state index contributed by atoms with van der Waals surface area (Å²) in [5, 5.41) is 3.74. The van der Waals surface area contributed by atoms with Gasteiger partial charge in [0, 0.05) is 29.9 Å². The molecule has 4 rings (SSSR count). The number of nitrogens with one attached hydrogen (secondary N) is 1. The van der Waals surface area contributed by atoms with Crippen LogP contribution in [0.15, 0.2) is 57.9 Å². The van der Waals surface area contributed by atoms with Crippen LogP contribution in [0, 0.1) is 6.92 Å². The van der Waals surface area contributed by atoms with Gasteiger partial charge in [-0.3, -0.25) is 9.52 Å². The highest BCUT2D eigenvalue weighted by Crippen LogP contribution is 2.25. The highest BCUT2D eigenvalue weighted by molar-refractivity contribution is 7.92. The second-order valence-electron chi connectivity index (χ2n) is 6.48. The van der Waals surface area contributed by atoms with Gasteiger partial charge in [-0.2, -0.15) is 4.98 Å². The van der Waals surface area contributed by atoms with Gasteiger partial charge >= 0.3 is 0 Å². The molecule has 2 heterocycles. The Morgan fingerprint density at radius 2 is 1.93 bits per heavy atom. The zero-order chi connectivity index (χ0) is 19.7. The van der Waals surface area contributed by atoms with Crippen molar-refractivity contribution in [2.24, 2.45) is 0 Å². The largest absolute Gasteiger partial charge is 0.334 e. The third-order valence-corrected chi connectivity index (χ3v) is 5.82. The molecule has 0 bridgehead atoms. The molecule has 0 aliphatic carbocycles. The molecule has 0 atom stereocenters. The fourth-order valence-corrected chi connectivity index (χ4v) is 4.12. The minimum absolute atomic E-state index is 0.0572. The van der Waals surface area contributed by atoms with E-state index in [1.165, 1.54) is 12.1 Å². The van der Waals surface area contributed by atoms with Crippen LogP contribution < -0.4 is 9.62 Å². The standard InChI is InChI=1S/C19H18N4O4S/c1-13-20-19(27-21-13)14-4-2-5-15(12-14)22-28(25,26)17-9-7-16(8-10-17)23-11-3-6-18(23)24/h2,4-5,7-10,12,22H,3,6,11H2,1H3. The van der Waals surface area contributed by atoms with E-state index in [-0.39, 0.29) is 10.8 Å². The van der Waals surface area contributed by atoms with Crippen LogP contribution >= 0.6 is 0 Å². The maximum absolute atomic E-state index is 12.7. The summed E-state index contributed by atoms with van der Waals surface area (Å²) in [4.78, 5) is 17.7. The van der Waals surface area contributed by atoms with Crippen molar-refractivity contribution in [1.29, 1.82) is 0 Å². The summed E-state index contributed by atoms with van der Waals surface area (Å²) in [5.74, 6) is 0.873. The molecular formula is C19H18N4O4S. The van der Waals surface area contributed by atoms with Gasteiger partial charge in [0.05, 0.1) is 4.90 Å². The van der Waals surface area contributed by atoms with Crippen LogP contribution in [-0.2, 0) is 14.8 Å². The zero-order valence-electron chi connectivity index (χ0n) is 15.1. The van der Waals surface area contributed by atoms with Crippen molar-refractivity contribution in [3.63, 3.8) is 0 Å². The summed E-state index contributed by atoms with van der Waals surface area (Å²) in [6, 6.07) is 13.0. The molecule has 1 saturated heterocycles. The Balaban J connectivity index is 1.55. The maximum atomic E-state index is 12.7. The summed E-state index contributed by atoms with van der Waals surface area (Å²) < 4.78 is 33.1. The number of benzene rings is 2. The summed E-state index contributed by atoms with van der Waals surface area (Å²) in [7, 11) is -3.78. The molecule has 1 amide bonds. The molecule has 0 unspecified atom stereocenters. The number of carbonyl (C=O) groups excluding carboxylic acids is 1. The van der Waals surface area contributed by atoms with Gasteiger partial charge in [-0.05, 0) is 55.8 Å². The fraction of sp³-hybridized carbons (Fsp3) is 0.211. The molecule has 0 spiro atoms. The molecule has 1 fully saturated rings. The minimum Gasteiger partial charge on any atom is -0.334 e. The molecule has 0 radical (unpaired) electrons. The second-order valence-corrected chi connectivity index (χ2v) is 8.16. The SMILES string of the molecule is Cc1noc(-c2cccc(NS(=O)(=O)c3ccc(N4CCCC4=O)cc3)c2)n1. The van der Waals surface area contributed by atoms with Gasteiger partial charge in [-0.25, -0.2) is 8.42 Å². The molecule has 9 heteroatoms. The number of amides is 1. The molecule has 1 aliphatic rings. The lowest BCUT2D eigenvalue weighted by atomic mass is 10.2. The predicted octanol–water partition coefficient (Wildman–Crippen LogP) is 2.97. The first-order valence-corrected chi connectivity index (χ1v) is 10.2. The monoisotopic (exact) mass is 398 g/mol. The van der Waals surface area contributed by atoms with Crippen molar-refractivity contribution >= 4 is 27.3 Å². The fourth-order valence-electron chi connectivity index (χ4n) is 3.07. The van der Waals surface area contributed by atoms with E-state index in [4.69, 9.17) is 4.52 Å². The Morgan fingerprint density at radius 3 is 2.57 bits per heavy atom. The number of sulfonamides is 1. The first kappa shape index (κ1) is 18.2. The molecule has 3 aromatic rings. The average Bonchev–Trinajstić information content (AvgIpc) is 3.30. The lowest BCUT2D eigenvalue weighted by Gasteiger charge is -2.16. The topological polar surface area (TPSA) is 105 Å². The normalized spacial score (nSPS) is 14.5. The zero-order valence-corrected chi connectivity index (χ0v) is 15.9. The second kappa shape index (κ2) is 7.08. The smallest absolute Gasteiger partial charge is 0.261 e. The number of carbonyl (C=O) groups is 1. The maximum Gasteiger partial charge on any atom is 0.261 e. The third-order valence-electron chi connectivity index (χ3n) is 4.42. The van der Waals surface area contributed by atoms with Crippen LogP contribution in [-0.4, -0.2) is 31.0 Å². The van der Waals surface area contributed by atoms with E-state index in [1.807, 2.05) is 0 Å². The molecular weight excluding hydrogens is 380 g/mol. The molecule has 8 nitrogen and oxygen atoms in total. The van der Waals surface area contributed by atoms with Gasteiger partial charge in [0.25, 0.3) is 15.9 Å². The van der Waals surface area contributed by atoms with Gasteiger partial charge in [-0.1, -0.05) is 11.2 Å². The highest BCUT2D eigenvalue weighted by atomic mass is 32.2. The van der Waals surface area contributed by atoms with Crippen LogP contribution in [0.4, 0.5) is 11.4 Å². The van der Waals surface area contributed by atoms with Crippen molar-refractivity contribution in [1.82, 2.24) is 10.1 Å². The van der Waals surface area contributed by atoms with E-state index in [1.54, 1.807) is 48.2 Å². The number of hydrogen-bond donors (Lipinski definition) is 1. The summed E-state index contributed by atoms with van der Waals surface area (Å²) in [6.45, 7) is 2.37. The van der Waals surface area contributed by atoms with Gasteiger partial charge in [-0.15, -0.1) is 0 Å². The summed E-state index contributed by atoms with van der Waals surface area (Å²) >= 11 is 0. The molecule has 144 valence electrons. The number of aromatic nitrogens is 2. The number of aryl methyl sites for hydroxylation is 1. The van der Waals surface area contributed by atoms with E-state index in [9.17, 15) is 13.2 Å². The number of rotatable bonds is 5. The number of anilines is 2. The predicted molar refractivity (Wildman–Crippen MR) is 103 cm³/mol. The Bertz CT molecular complexity index is 1120. The number of hydrogen-bond acceptors (Lipinski definition) is 6. The first-order valence-electron chi connectivity index (χ1n) is 8.76. The highest BCUT2D eigenvalue weighted by Gasteiger charge is 2.22. The minimum atomic E-state index is -3.78. The third kappa shape index (κ3) is 3.61. The van der Waals surface area contributed by atoms with Crippen molar-refractivity contribution in [2.75, 3.05) is 16.2 Å². The van der Waals surface area contributed by atoms with E-state index < -0.39 is 10.0 Å². The van der Waals surface area contributed by atoms with Crippen LogP contribution in [0.2, 0.25) is 0 Å². The van der Waals surface area contributed by atoms with Gasteiger partial charge < -0.3 is 9.42 Å².